The highest BCUT2D eigenvalue weighted by atomic mass is 35.5. The van der Waals surface area contributed by atoms with Crippen LogP contribution in [0.1, 0.15) is 63.9 Å². The molecular weight excluding hydrogens is 300 g/mol. The SMILES string of the molecule is CCCCN1C(=O)CCC(CCC(C)=O)c2ccc(Cl)nc21. The fraction of sp³-hybridized carbons (Fsp3) is 0.588. The zero-order valence-electron chi connectivity index (χ0n) is 13.3. The highest BCUT2D eigenvalue weighted by molar-refractivity contribution is 6.29. The molecule has 2 rings (SSSR count). The number of hydrogen-bond acceptors (Lipinski definition) is 3. The van der Waals surface area contributed by atoms with E-state index in [1.165, 1.54) is 0 Å². The van der Waals surface area contributed by atoms with Crippen molar-refractivity contribution in [2.24, 2.45) is 0 Å². The summed E-state index contributed by atoms with van der Waals surface area (Å²) in [6.45, 7) is 4.38. The van der Waals surface area contributed by atoms with Crippen molar-refractivity contribution in [2.45, 2.75) is 58.3 Å². The molecule has 120 valence electrons. The minimum absolute atomic E-state index is 0.106. The molecule has 0 bridgehead atoms. The van der Waals surface area contributed by atoms with E-state index in [4.69, 9.17) is 11.6 Å². The summed E-state index contributed by atoms with van der Waals surface area (Å²) in [5, 5.41) is 0.403. The van der Waals surface area contributed by atoms with Crippen LogP contribution in [0.4, 0.5) is 5.82 Å². The zero-order valence-corrected chi connectivity index (χ0v) is 14.0. The smallest absolute Gasteiger partial charge is 0.228 e. The van der Waals surface area contributed by atoms with Crippen LogP contribution in [0.2, 0.25) is 5.15 Å². The number of ketones is 1. The molecule has 1 aliphatic heterocycles. The van der Waals surface area contributed by atoms with E-state index in [9.17, 15) is 9.59 Å². The summed E-state index contributed by atoms with van der Waals surface area (Å²) in [6.07, 6.45) is 4.53. The van der Waals surface area contributed by atoms with E-state index in [1.54, 1.807) is 17.9 Å². The number of amides is 1. The quantitative estimate of drug-likeness (QED) is 0.740. The lowest BCUT2D eigenvalue weighted by Crippen LogP contribution is -2.32. The monoisotopic (exact) mass is 322 g/mol. The summed E-state index contributed by atoms with van der Waals surface area (Å²) < 4.78 is 0. The number of carbonyl (C=O) groups excluding carboxylic acids is 2. The second-order valence-electron chi connectivity index (χ2n) is 5.92. The van der Waals surface area contributed by atoms with Gasteiger partial charge in [-0.25, -0.2) is 4.98 Å². The maximum absolute atomic E-state index is 12.5. The first-order valence-corrected chi connectivity index (χ1v) is 8.37. The van der Waals surface area contributed by atoms with Crippen molar-refractivity contribution in [2.75, 3.05) is 11.4 Å². The number of hydrogen-bond donors (Lipinski definition) is 0. The summed E-state index contributed by atoms with van der Waals surface area (Å²) in [6, 6.07) is 3.74. The number of rotatable bonds is 6. The fourth-order valence-electron chi connectivity index (χ4n) is 2.90. The molecule has 0 N–H and O–H groups in total. The van der Waals surface area contributed by atoms with Crippen molar-refractivity contribution < 1.29 is 9.59 Å². The second kappa shape index (κ2) is 7.73. The van der Waals surface area contributed by atoms with Crippen molar-refractivity contribution in [3.8, 4) is 0 Å². The summed E-state index contributed by atoms with van der Waals surface area (Å²) >= 11 is 6.05. The van der Waals surface area contributed by atoms with Gasteiger partial charge in [0.2, 0.25) is 5.91 Å². The van der Waals surface area contributed by atoms with E-state index < -0.39 is 0 Å². The molecular formula is C17H23ClN2O2. The molecule has 0 spiro atoms. The van der Waals surface area contributed by atoms with Crippen LogP contribution in [0.25, 0.3) is 0 Å². The van der Waals surface area contributed by atoms with E-state index in [0.29, 0.717) is 30.4 Å². The van der Waals surface area contributed by atoms with Gasteiger partial charge < -0.3 is 4.79 Å². The predicted molar refractivity (Wildman–Crippen MR) is 88.4 cm³/mol. The molecule has 1 amide bonds. The Morgan fingerprint density at radius 3 is 2.91 bits per heavy atom. The Morgan fingerprint density at radius 1 is 1.45 bits per heavy atom. The van der Waals surface area contributed by atoms with Gasteiger partial charge in [0.05, 0.1) is 0 Å². The molecule has 0 aliphatic carbocycles. The molecule has 0 aromatic carbocycles. The van der Waals surface area contributed by atoms with Crippen LogP contribution in [0, 0.1) is 0 Å². The maximum atomic E-state index is 12.5. The van der Waals surface area contributed by atoms with Gasteiger partial charge >= 0.3 is 0 Å². The number of unbranched alkanes of at least 4 members (excludes halogenated alkanes) is 1. The van der Waals surface area contributed by atoms with Crippen molar-refractivity contribution in [1.82, 2.24) is 4.98 Å². The van der Waals surface area contributed by atoms with Crippen LogP contribution in [-0.2, 0) is 9.59 Å². The number of nitrogens with zero attached hydrogens (tertiary/aromatic N) is 2. The third-order valence-electron chi connectivity index (χ3n) is 4.15. The van der Waals surface area contributed by atoms with Crippen LogP contribution in [0.15, 0.2) is 12.1 Å². The van der Waals surface area contributed by atoms with E-state index in [2.05, 4.69) is 11.9 Å². The lowest BCUT2D eigenvalue weighted by Gasteiger charge is -2.23. The molecule has 1 atom stereocenters. The molecule has 0 fully saturated rings. The van der Waals surface area contributed by atoms with Crippen LogP contribution >= 0.6 is 11.6 Å². The van der Waals surface area contributed by atoms with Gasteiger partial charge in [-0.3, -0.25) is 9.69 Å². The lowest BCUT2D eigenvalue weighted by molar-refractivity contribution is -0.118. The summed E-state index contributed by atoms with van der Waals surface area (Å²) in [4.78, 5) is 29.9. The predicted octanol–water partition coefficient (Wildman–Crippen LogP) is 4.11. The lowest BCUT2D eigenvalue weighted by atomic mass is 9.90. The third-order valence-corrected chi connectivity index (χ3v) is 4.37. The van der Waals surface area contributed by atoms with Gasteiger partial charge in [-0.05, 0) is 43.7 Å². The highest BCUT2D eigenvalue weighted by Gasteiger charge is 2.29. The van der Waals surface area contributed by atoms with Gasteiger partial charge in [0, 0.05) is 19.4 Å². The van der Waals surface area contributed by atoms with Crippen molar-refractivity contribution >= 4 is 29.1 Å². The van der Waals surface area contributed by atoms with Gasteiger partial charge in [0.25, 0.3) is 0 Å². The Balaban J connectivity index is 2.34. The molecule has 1 unspecified atom stereocenters. The van der Waals surface area contributed by atoms with E-state index >= 15 is 0 Å². The number of aromatic nitrogens is 1. The minimum atomic E-state index is 0.106. The molecule has 2 heterocycles. The third kappa shape index (κ3) is 4.07. The van der Waals surface area contributed by atoms with Crippen molar-refractivity contribution in [3.05, 3.63) is 22.8 Å². The number of pyridine rings is 1. The summed E-state index contributed by atoms with van der Waals surface area (Å²) in [7, 11) is 0. The molecule has 0 saturated carbocycles. The molecule has 1 aromatic heterocycles. The molecule has 4 nitrogen and oxygen atoms in total. The number of carbonyl (C=O) groups is 2. The first-order chi connectivity index (χ1) is 10.5. The topological polar surface area (TPSA) is 50.3 Å². The van der Waals surface area contributed by atoms with Crippen LogP contribution < -0.4 is 4.90 Å². The number of Topliss-reactive ketones (excluding diaryl/α,β-unsaturated/α-hetero) is 1. The molecule has 1 aliphatic rings. The first kappa shape index (κ1) is 16.9. The van der Waals surface area contributed by atoms with Crippen molar-refractivity contribution in [3.63, 3.8) is 0 Å². The molecule has 0 radical (unpaired) electrons. The van der Waals surface area contributed by atoms with Gasteiger partial charge in [0.1, 0.15) is 16.8 Å². The van der Waals surface area contributed by atoms with E-state index in [0.717, 1.165) is 31.2 Å². The van der Waals surface area contributed by atoms with Gasteiger partial charge in [-0.1, -0.05) is 31.0 Å². The Hall–Kier alpha value is -1.42. The molecule has 1 aromatic rings. The van der Waals surface area contributed by atoms with Crippen molar-refractivity contribution in [1.29, 1.82) is 0 Å². The Bertz CT molecular complexity index is 560. The van der Waals surface area contributed by atoms with Crippen LogP contribution in [0.3, 0.4) is 0 Å². The first-order valence-electron chi connectivity index (χ1n) is 7.99. The average molecular weight is 323 g/mol. The number of halogens is 1. The second-order valence-corrected chi connectivity index (χ2v) is 6.31. The highest BCUT2D eigenvalue weighted by Crippen LogP contribution is 2.37. The largest absolute Gasteiger partial charge is 0.300 e. The Labute approximate surface area is 136 Å². The molecule has 0 saturated heterocycles. The minimum Gasteiger partial charge on any atom is -0.300 e. The number of fused-ring (bicyclic) bond motifs is 1. The van der Waals surface area contributed by atoms with Gasteiger partial charge in [-0.15, -0.1) is 0 Å². The Morgan fingerprint density at radius 2 is 2.23 bits per heavy atom. The normalized spacial score (nSPS) is 18.0. The number of anilines is 1. The summed E-state index contributed by atoms with van der Waals surface area (Å²) in [5.74, 6) is 1.17. The average Bonchev–Trinajstić information content (AvgIpc) is 2.60. The maximum Gasteiger partial charge on any atom is 0.228 e. The van der Waals surface area contributed by atoms with Gasteiger partial charge in [-0.2, -0.15) is 0 Å². The summed E-state index contributed by atoms with van der Waals surface area (Å²) in [5.41, 5.74) is 1.05. The Kier molecular flexibility index (Phi) is 5.95. The zero-order chi connectivity index (χ0) is 16.1. The van der Waals surface area contributed by atoms with Crippen LogP contribution in [-0.4, -0.2) is 23.2 Å². The van der Waals surface area contributed by atoms with E-state index in [1.807, 2.05) is 6.07 Å². The standard InChI is InChI=1S/C17H23ClN2O2/c1-3-4-11-20-16(22)10-7-13(6-5-12(2)21)14-8-9-15(18)19-17(14)20/h8-9,13H,3-7,10-11H2,1-2H3. The van der Waals surface area contributed by atoms with Gasteiger partial charge in [0.15, 0.2) is 0 Å². The fourth-order valence-corrected chi connectivity index (χ4v) is 3.04. The molecule has 5 heteroatoms. The van der Waals surface area contributed by atoms with Crippen LogP contribution in [0.5, 0.6) is 0 Å². The van der Waals surface area contributed by atoms with E-state index in [-0.39, 0.29) is 17.6 Å². The molecule has 22 heavy (non-hydrogen) atoms.